The molecule has 1 aromatic rings. The van der Waals surface area contributed by atoms with Crippen LogP contribution in [0.2, 0.25) is 0 Å². The fraction of sp³-hybridized carbons (Fsp3) is 0.400. The first-order valence-electron chi connectivity index (χ1n) is 7.32. The zero-order chi connectivity index (χ0) is 16.4. The number of anilines is 1. The topological polar surface area (TPSA) is 69.7 Å². The fourth-order valence-corrected chi connectivity index (χ4v) is 3.56. The van der Waals surface area contributed by atoms with Crippen LogP contribution in [0.25, 0.3) is 0 Å². The highest BCUT2D eigenvalue weighted by Crippen LogP contribution is 2.21. The van der Waals surface area contributed by atoms with Crippen molar-refractivity contribution in [3.63, 3.8) is 0 Å². The third-order valence-corrected chi connectivity index (χ3v) is 4.85. The van der Waals surface area contributed by atoms with E-state index in [-0.39, 0.29) is 29.4 Å². The van der Waals surface area contributed by atoms with E-state index in [1.54, 1.807) is 0 Å². The average molecular weight is 337 g/mol. The molecule has 2 aliphatic heterocycles. The van der Waals surface area contributed by atoms with E-state index in [0.29, 0.717) is 31.0 Å². The standard InChI is InChI=1S/C15H16FN3O3S/c16-10-1-3-11(4-2-10)19-7-6-18(15(19)22)9-13(20)17-12-5-8-23-14(12)21/h1-4,12H,5-9H2,(H,17,20). The number of carbonyl (C=O) groups is 3. The van der Waals surface area contributed by atoms with Gasteiger partial charge < -0.3 is 10.2 Å². The molecule has 0 bridgehead atoms. The second kappa shape index (κ2) is 6.57. The highest BCUT2D eigenvalue weighted by molar-refractivity contribution is 8.14. The lowest BCUT2D eigenvalue weighted by Crippen LogP contribution is -2.44. The number of carbonyl (C=O) groups excluding carboxylic acids is 3. The smallest absolute Gasteiger partial charge is 0.325 e. The van der Waals surface area contributed by atoms with Crippen LogP contribution in [0.15, 0.2) is 24.3 Å². The molecule has 2 saturated heterocycles. The van der Waals surface area contributed by atoms with E-state index in [9.17, 15) is 18.8 Å². The van der Waals surface area contributed by atoms with E-state index in [1.165, 1.54) is 45.8 Å². The molecule has 0 radical (unpaired) electrons. The maximum absolute atomic E-state index is 12.9. The van der Waals surface area contributed by atoms with Gasteiger partial charge in [0.2, 0.25) is 11.0 Å². The van der Waals surface area contributed by atoms with E-state index in [1.807, 2.05) is 0 Å². The number of hydrogen-bond donors (Lipinski definition) is 1. The van der Waals surface area contributed by atoms with Crippen LogP contribution in [0.5, 0.6) is 0 Å². The molecule has 1 unspecified atom stereocenters. The SMILES string of the molecule is O=C(CN1CCN(c2ccc(F)cc2)C1=O)NC1CCSC1=O. The maximum atomic E-state index is 12.9. The molecule has 1 aromatic carbocycles. The molecule has 0 spiro atoms. The number of rotatable bonds is 4. The number of halogens is 1. The molecule has 2 heterocycles. The predicted octanol–water partition coefficient (Wildman–Crippen LogP) is 1.22. The Morgan fingerprint density at radius 2 is 2.00 bits per heavy atom. The van der Waals surface area contributed by atoms with E-state index < -0.39 is 6.04 Å². The summed E-state index contributed by atoms with van der Waals surface area (Å²) in [7, 11) is 0. The van der Waals surface area contributed by atoms with Crippen molar-refractivity contribution in [2.45, 2.75) is 12.5 Å². The predicted molar refractivity (Wildman–Crippen MR) is 84.7 cm³/mol. The van der Waals surface area contributed by atoms with Gasteiger partial charge in [0, 0.05) is 24.5 Å². The second-order valence-corrected chi connectivity index (χ2v) is 6.51. The molecular weight excluding hydrogens is 321 g/mol. The Morgan fingerprint density at radius 1 is 1.26 bits per heavy atom. The van der Waals surface area contributed by atoms with E-state index in [0.717, 1.165) is 0 Å². The number of thioether (sulfide) groups is 1. The lowest BCUT2D eigenvalue weighted by Gasteiger charge is -2.19. The molecule has 3 amide bonds. The summed E-state index contributed by atoms with van der Waals surface area (Å²) in [5.41, 5.74) is 0.599. The van der Waals surface area contributed by atoms with Crippen LogP contribution >= 0.6 is 11.8 Å². The summed E-state index contributed by atoms with van der Waals surface area (Å²) in [6.07, 6.45) is 0.630. The van der Waals surface area contributed by atoms with Gasteiger partial charge in [-0.25, -0.2) is 9.18 Å². The van der Waals surface area contributed by atoms with Gasteiger partial charge in [-0.15, -0.1) is 0 Å². The number of urea groups is 1. The van der Waals surface area contributed by atoms with Crippen LogP contribution in [0.3, 0.4) is 0 Å². The van der Waals surface area contributed by atoms with Gasteiger partial charge in [0.1, 0.15) is 12.4 Å². The summed E-state index contributed by atoms with van der Waals surface area (Å²) in [6, 6.07) is 4.91. The average Bonchev–Trinajstić information content (AvgIpc) is 3.08. The number of nitrogens with one attached hydrogen (secondary N) is 1. The Morgan fingerprint density at radius 3 is 2.65 bits per heavy atom. The molecular formula is C15H16FN3O3S. The molecule has 0 aromatic heterocycles. The molecule has 8 heteroatoms. The van der Waals surface area contributed by atoms with Gasteiger partial charge in [-0.1, -0.05) is 11.8 Å². The van der Waals surface area contributed by atoms with Gasteiger partial charge in [-0.3, -0.25) is 14.5 Å². The second-order valence-electron chi connectivity index (χ2n) is 5.41. The zero-order valence-corrected chi connectivity index (χ0v) is 13.1. The van der Waals surface area contributed by atoms with Crippen molar-refractivity contribution in [2.75, 3.05) is 30.3 Å². The molecule has 3 rings (SSSR count). The molecule has 1 N–H and O–H groups in total. The van der Waals surface area contributed by atoms with E-state index >= 15 is 0 Å². The van der Waals surface area contributed by atoms with Crippen molar-refractivity contribution in [3.8, 4) is 0 Å². The Balaban J connectivity index is 1.57. The first-order valence-corrected chi connectivity index (χ1v) is 8.31. The van der Waals surface area contributed by atoms with Crippen molar-refractivity contribution in [2.24, 2.45) is 0 Å². The molecule has 6 nitrogen and oxygen atoms in total. The van der Waals surface area contributed by atoms with Crippen LogP contribution in [-0.4, -0.2) is 53.4 Å². The van der Waals surface area contributed by atoms with E-state index in [2.05, 4.69) is 5.32 Å². The van der Waals surface area contributed by atoms with Gasteiger partial charge in [0.25, 0.3) is 0 Å². The first kappa shape index (κ1) is 15.8. The lowest BCUT2D eigenvalue weighted by atomic mass is 10.2. The highest BCUT2D eigenvalue weighted by atomic mass is 32.2. The van der Waals surface area contributed by atoms with Crippen molar-refractivity contribution in [3.05, 3.63) is 30.1 Å². The molecule has 2 fully saturated rings. The van der Waals surface area contributed by atoms with Crippen LogP contribution in [0, 0.1) is 5.82 Å². The summed E-state index contributed by atoms with van der Waals surface area (Å²) in [5, 5.41) is 2.64. The van der Waals surface area contributed by atoms with Gasteiger partial charge in [0.05, 0.1) is 6.04 Å². The van der Waals surface area contributed by atoms with Crippen LogP contribution in [0.4, 0.5) is 14.9 Å². The third-order valence-electron chi connectivity index (χ3n) is 3.84. The molecule has 0 saturated carbocycles. The number of hydrogen-bond acceptors (Lipinski definition) is 4. The van der Waals surface area contributed by atoms with Crippen LogP contribution < -0.4 is 10.2 Å². The van der Waals surface area contributed by atoms with Crippen molar-refractivity contribution < 1.29 is 18.8 Å². The Hall–Kier alpha value is -2.09. The Bertz CT molecular complexity index is 637. The fourth-order valence-electron chi connectivity index (χ4n) is 2.63. The minimum atomic E-state index is -0.446. The van der Waals surface area contributed by atoms with Gasteiger partial charge in [-0.05, 0) is 30.7 Å². The summed E-state index contributed by atoms with van der Waals surface area (Å²) in [5.74, 6) is 0.0148. The van der Waals surface area contributed by atoms with Gasteiger partial charge in [-0.2, -0.15) is 0 Å². The number of benzene rings is 1. The monoisotopic (exact) mass is 337 g/mol. The summed E-state index contributed by atoms with van der Waals surface area (Å²) in [6.45, 7) is 0.776. The molecule has 2 aliphatic rings. The molecule has 23 heavy (non-hydrogen) atoms. The normalized spacial score (nSPS) is 21.2. The van der Waals surface area contributed by atoms with Crippen molar-refractivity contribution in [1.29, 1.82) is 0 Å². The summed E-state index contributed by atoms with van der Waals surface area (Å²) in [4.78, 5) is 38.8. The maximum Gasteiger partial charge on any atom is 0.325 e. The first-order chi connectivity index (χ1) is 11.0. The lowest BCUT2D eigenvalue weighted by molar-refractivity contribution is -0.124. The van der Waals surface area contributed by atoms with Gasteiger partial charge in [0.15, 0.2) is 0 Å². The quantitative estimate of drug-likeness (QED) is 0.897. The van der Waals surface area contributed by atoms with Gasteiger partial charge >= 0.3 is 6.03 Å². The minimum absolute atomic E-state index is 0.0287. The van der Waals surface area contributed by atoms with Crippen molar-refractivity contribution >= 4 is 34.5 Å². The highest BCUT2D eigenvalue weighted by Gasteiger charge is 2.32. The molecule has 122 valence electrons. The van der Waals surface area contributed by atoms with Crippen LogP contribution in [0.1, 0.15) is 6.42 Å². The van der Waals surface area contributed by atoms with Crippen LogP contribution in [-0.2, 0) is 9.59 Å². The number of amides is 3. The summed E-state index contributed by atoms with van der Waals surface area (Å²) >= 11 is 1.22. The Kier molecular flexibility index (Phi) is 4.51. The third kappa shape index (κ3) is 3.47. The summed E-state index contributed by atoms with van der Waals surface area (Å²) < 4.78 is 12.9. The molecule has 0 aliphatic carbocycles. The minimum Gasteiger partial charge on any atom is -0.344 e. The van der Waals surface area contributed by atoms with E-state index in [4.69, 9.17) is 0 Å². The number of nitrogens with zero attached hydrogens (tertiary/aromatic N) is 2. The van der Waals surface area contributed by atoms with Crippen molar-refractivity contribution in [1.82, 2.24) is 10.2 Å². The largest absolute Gasteiger partial charge is 0.344 e. The Labute approximate surface area is 137 Å². The zero-order valence-electron chi connectivity index (χ0n) is 12.3. The molecule has 1 atom stereocenters.